The summed E-state index contributed by atoms with van der Waals surface area (Å²) in [6.07, 6.45) is 3.98. The molecule has 9 aromatic rings. The number of hydrogen-bond acceptors (Lipinski definition) is 17. The van der Waals surface area contributed by atoms with E-state index < -0.39 is 80.1 Å². The van der Waals surface area contributed by atoms with Gasteiger partial charge in [-0.15, -0.1) is 12.3 Å². The van der Waals surface area contributed by atoms with Crippen molar-refractivity contribution in [2.75, 3.05) is 54.8 Å². The molecule has 9 N–H and O–H groups in total. The van der Waals surface area contributed by atoms with E-state index in [-0.39, 0.29) is 55.7 Å². The number of halogens is 12. The maximum Gasteiger partial charge on any atom is 0.405 e. The van der Waals surface area contributed by atoms with E-state index in [4.69, 9.17) is 41.2 Å². The number of carbonyl (C=O) groups is 4. The van der Waals surface area contributed by atoms with Crippen LogP contribution >= 0.6 is 34.8 Å². The molecule has 0 aromatic carbocycles. The number of aromatic amines is 3. The zero-order valence-electron chi connectivity index (χ0n) is 47.0. The number of H-pyrrole nitrogens is 3. The number of aliphatic hydroxyl groups is 1. The number of aromatic nitrogens is 12. The van der Waals surface area contributed by atoms with Crippen molar-refractivity contribution in [1.29, 1.82) is 0 Å². The maximum absolute atomic E-state index is 12.7. The van der Waals surface area contributed by atoms with Gasteiger partial charge in [-0.3, -0.25) is 19.2 Å². The SMILES string of the molecule is C#CC[C@@H](Nc1ccnc(-c2c[nH]c3ncc(Cl)cc23)n1)C(=O)NCC(F)(F)F.CC(=O)N1CCN(c2ccnc(-c3c[nH]c4ncc(Cl)cc34)n2)[C@@H](C(=O)NCC(F)(F)F)C1.C[C@H](O)[C@@H](Nc1ccnc(-c2c[nH]c3ncc(Cl)cc23)n1)C(=O)NCC(F)(F)F.[HH].[HH].[HH].[HH].[HH].[HH].[HH].[HH].[HH]. The van der Waals surface area contributed by atoms with Crippen LogP contribution in [0.25, 0.3) is 67.3 Å². The minimum Gasteiger partial charge on any atom is -0.391 e. The topological polar surface area (TPSA) is 319 Å². The van der Waals surface area contributed by atoms with Crippen LogP contribution in [0.15, 0.2) is 92.2 Å². The van der Waals surface area contributed by atoms with Crippen molar-refractivity contribution in [3.05, 3.63) is 107 Å². The molecule has 10 rings (SSSR count). The minimum absolute atomic E-state index is 0. The van der Waals surface area contributed by atoms with E-state index in [9.17, 15) is 63.8 Å². The van der Waals surface area contributed by atoms with Crippen molar-refractivity contribution in [3.8, 4) is 46.5 Å². The van der Waals surface area contributed by atoms with Gasteiger partial charge in [-0.25, -0.2) is 44.9 Å². The fraction of sp³-hybridized carbons (Fsp3) is 0.291. The number of anilines is 3. The average Bonchev–Trinajstić information content (AvgIpc) is 1.53. The Kier molecular flexibility index (Phi) is 21.4. The summed E-state index contributed by atoms with van der Waals surface area (Å²) < 4.78 is 112. The van der Waals surface area contributed by atoms with E-state index in [1.54, 1.807) is 53.1 Å². The van der Waals surface area contributed by atoms with Crippen LogP contribution in [-0.2, 0) is 19.2 Å². The molecule has 1 aliphatic rings. The summed E-state index contributed by atoms with van der Waals surface area (Å²) in [5.74, 6) is 0.866. The highest BCUT2D eigenvalue weighted by atomic mass is 35.5. The third kappa shape index (κ3) is 18.3. The molecule has 10 heterocycles. The molecule has 1 aliphatic heterocycles. The number of hydrogen-bond donors (Lipinski definition) is 9. The molecule has 4 atom stereocenters. The van der Waals surface area contributed by atoms with Gasteiger partial charge in [-0.05, 0) is 43.3 Å². The summed E-state index contributed by atoms with van der Waals surface area (Å²) in [6, 6.07) is 6.07. The largest absolute Gasteiger partial charge is 0.405 e. The lowest BCUT2D eigenvalue weighted by atomic mass is 10.1. The number of piperazine rings is 1. The molecule has 0 radical (unpaired) electrons. The van der Waals surface area contributed by atoms with Gasteiger partial charge in [0.05, 0.1) is 27.7 Å². The first-order valence-corrected chi connectivity index (χ1v) is 27.7. The van der Waals surface area contributed by atoms with Gasteiger partial charge in [-0.1, -0.05) is 34.8 Å². The molecule has 0 spiro atoms. The van der Waals surface area contributed by atoms with Crippen molar-refractivity contribution < 1.29 is 76.6 Å². The fourth-order valence-corrected chi connectivity index (χ4v) is 9.29. The van der Waals surface area contributed by atoms with Crippen LogP contribution in [0.5, 0.6) is 0 Å². The number of carbonyl (C=O) groups excluding carboxylic acids is 4. The smallest absolute Gasteiger partial charge is 0.391 e. The second kappa shape index (κ2) is 28.9. The van der Waals surface area contributed by atoms with Gasteiger partial charge in [-0.2, -0.15) is 39.5 Å². The molecule has 24 nitrogen and oxygen atoms in total. The normalized spacial score (nSPS) is 14.5. The second-order valence-corrected chi connectivity index (χ2v) is 21.0. The van der Waals surface area contributed by atoms with Gasteiger partial charge in [0.2, 0.25) is 23.6 Å². The molecule has 1 fully saturated rings. The molecule has 496 valence electrons. The number of terminal acetylenes is 1. The highest BCUT2D eigenvalue weighted by molar-refractivity contribution is 6.32. The van der Waals surface area contributed by atoms with Crippen LogP contribution in [0.3, 0.4) is 0 Å². The Labute approximate surface area is 536 Å². The predicted octanol–water partition coefficient (Wildman–Crippen LogP) is 10.3. The first kappa shape index (κ1) is 67.3. The molecule has 0 aliphatic carbocycles. The Morgan fingerprint density at radius 1 is 0.648 bits per heavy atom. The van der Waals surface area contributed by atoms with Crippen LogP contribution < -0.4 is 31.5 Å². The first-order chi connectivity index (χ1) is 43.0. The van der Waals surface area contributed by atoms with E-state index in [1.165, 1.54) is 68.1 Å². The van der Waals surface area contributed by atoms with E-state index in [0.29, 0.717) is 88.9 Å². The highest BCUT2D eigenvalue weighted by Gasteiger charge is 2.37. The minimum atomic E-state index is -4.56. The van der Waals surface area contributed by atoms with Gasteiger partial charge >= 0.3 is 18.5 Å². The molecular weight excluding hydrogens is 1280 g/mol. The van der Waals surface area contributed by atoms with Crippen molar-refractivity contribution in [2.45, 2.75) is 63.0 Å². The third-order valence-electron chi connectivity index (χ3n) is 13.0. The molecule has 0 bridgehead atoms. The standard InChI is InChI=1S/C20H19ClF3N7O2.C18H14ClF3N6O.C17H16ClF3N6O2.9H2/c1-11(32)30-4-5-31(15(9-30)19(33)28-10-20(22,23)24)16-2-3-25-18(29-16)14-8-27-17-13(14)6-12(21)7-26-17;1-2-3-13(17(29)26-9-18(20,21)22)27-14-4-5-23-16(28-14)12-8-25-15-11(12)6-10(19)7-24-15;1-8(28)13(16(29)25-7-17(19,20)21)26-12-2-3-22-15(27-12)11-6-24-14-10(11)4-9(18)5-23-14;;;;;;;;;/h2-3,6-8,15H,4-5,9-10H2,1H3,(H,26,27)(H,28,33);1,4-8,13H,3,9H2,(H,24,25)(H,26,29)(H,23,27,28);2-6,8,13,28H,7H2,1H3,(H,23,24)(H,25,29)(H,22,26,27);9*1H/t15-;13-;8-,13+;;;;;;;;;/m110........./s1. The van der Waals surface area contributed by atoms with Crippen molar-refractivity contribution >= 4 is 109 Å². The number of amides is 4. The number of nitrogens with one attached hydrogen (secondary N) is 8. The van der Waals surface area contributed by atoms with Gasteiger partial charge < -0.3 is 56.4 Å². The zero-order chi connectivity index (χ0) is 66.0. The van der Waals surface area contributed by atoms with Crippen molar-refractivity contribution in [2.24, 2.45) is 0 Å². The average molecular weight is 1350 g/mol. The summed E-state index contributed by atoms with van der Waals surface area (Å²) in [6.45, 7) is -1.35. The molecule has 4 amide bonds. The number of aliphatic hydroxyl groups excluding tert-OH is 1. The Balaban J connectivity index is 0. The molecule has 9 aromatic heterocycles. The van der Waals surface area contributed by atoms with Gasteiger partial charge in [0.15, 0.2) is 17.5 Å². The first-order valence-electron chi connectivity index (χ1n) is 26.6. The summed E-state index contributed by atoms with van der Waals surface area (Å²) in [7, 11) is 0. The summed E-state index contributed by atoms with van der Waals surface area (Å²) in [5.41, 5.74) is 3.58. The fourth-order valence-electron chi connectivity index (χ4n) is 8.82. The highest BCUT2D eigenvalue weighted by Crippen LogP contribution is 2.32. The number of alkyl halides is 9. The summed E-state index contributed by atoms with van der Waals surface area (Å²) in [4.78, 5) is 98.9. The molecule has 1 saturated heterocycles. The van der Waals surface area contributed by atoms with Crippen molar-refractivity contribution in [1.82, 2.24) is 80.7 Å². The zero-order valence-corrected chi connectivity index (χ0v) is 49.3. The summed E-state index contributed by atoms with van der Waals surface area (Å²) >= 11 is 18.0. The Bertz CT molecular complexity index is 4170. The number of rotatable bonds is 16. The third-order valence-corrected chi connectivity index (χ3v) is 13.6. The van der Waals surface area contributed by atoms with Gasteiger partial charge in [0.25, 0.3) is 0 Å². The number of fused-ring (bicyclic) bond motifs is 3. The van der Waals surface area contributed by atoms with Crippen LogP contribution in [0.4, 0.5) is 57.0 Å². The van der Waals surface area contributed by atoms with E-state index in [0.717, 1.165) is 0 Å². The van der Waals surface area contributed by atoms with Crippen LogP contribution in [0.2, 0.25) is 15.1 Å². The van der Waals surface area contributed by atoms with E-state index in [1.807, 2.05) is 10.6 Å². The second-order valence-electron chi connectivity index (χ2n) is 19.7. The van der Waals surface area contributed by atoms with E-state index in [2.05, 4.69) is 76.4 Å². The Morgan fingerprint density at radius 3 is 1.52 bits per heavy atom. The lowest BCUT2D eigenvalue weighted by Gasteiger charge is -2.40. The molecule has 0 saturated carbocycles. The summed E-state index contributed by atoms with van der Waals surface area (Å²) in [5, 5.41) is 24.0. The molecular formula is C55H67Cl3F9N19O5. The molecule has 91 heavy (non-hydrogen) atoms. The molecule has 36 heteroatoms. The van der Waals surface area contributed by atoms with Crippen LogP contribution in [-0.4, -0.2) is 175 Å². The monoisotopic (exact) mass is 1350 g/mol. The number of pyridine rings is 3. The Morgan fingerprint density at radius 2 is 1.08 bits per heavy atom. The van der Waals surface area contributed by atoms with E-state index >= 15 is 0 Å². The maximum atomic E-state index is 12.7. The van der Waals surface area contributed by atoms with Gasteiger partial charge in [0, 0.05) is 128 Å². The lowest BCUT2D eigenvalue weighted by Crippen LogP contribution is -2.60. The van der Waals surface area contributed by atoms with Crippen LogP contribution in [0.1, 0.15) is 33.1 Å². The lowest BCUT2D eigenvalue weighted by molar-refractivity contribution is -0.140. The molecule has 0 unspecified atom stereocenters. The predicted molar refractivity (Wildman–Crippen MR) is 336 cm³/mol. The van der Waals surface area contributed by atoms with Gasteiger partial charge in [0.1, 0.15) is 72.2 Å². The Hall–Kier alpha value is -9.65. The quantitative estimate of drug-likeness (QED) is 0.0321. The van der Waals surface area contributed by atoms with Crippen LogP contribution in [0, 0.1) is 12.3 Å². The van der Waals surface area contributed by atoms with Crippen molar-refractivity contribution in [3.63, 3.8) is 0 Å². The number of nitrogens with zero attached hydrogens (tertiary/aromatic N) is 11.